The quantitative estimate of drug-likeness (QED) is 0.800. The van der Waals surface area contributed by atoms with Crippen LogP contribution in [0.4, 0.5) is 4.39 Å². The highest BCUT2D eigenvalue weighted by atomic mass is 35.5. The number of hydrogen-bond acceptors (Lipinski definition) is 2. The summed E-state index contributed by atoms with van der Waals surface area (Å²) >= 11 is 5.88. The molecule has 0 saturated carbocycles. The molecule has 6 heteroatoms. The molecule has 0 bridgehead atoms. The van der Waals surface area contributed by atoms with Gasteiger partial charge in [0.2, 0.25) is 10.0 Å². The molecular weight excluding hydrogens is 325 g/mol. The molecule has 3 nitrogen and oxygen atoms in total. The Kier molecular flexibility index (Phi) is 5.00. The molecular formula is C16H21ClFNO2S. The Morgan fingerprint density at radius 1 is 1.27 bits per heavy atom. The number of sulfonamides is 1. The lowest BCUT2D eigenvalue weighted by Gasteiger charge is -2.34. The van der Waals surface area contributed by atoms with Crippen LogP contribution in [0.15, 0.2) is 29.8 Å². The maximum Gasteiger partial charge on any atom is 0.244 e. The maximum atomic E-state index is 12.9. The van der Waals surface area contributed by atoms with Crippen molar-refractivity contribution in [2.45, 2.75) is 39.2 Å². The summed E-state index contributed by atoms with van der Waals surface area (Å²) in [6.45, 7) is 4.89. The van der Waals surface area contributed by atoms with E-state index in [-0.39, 0.29) is 11.4 Å². The number of hydrogen-bond donors (Lipinski definition) is 0. The molecule has 1 aromatic carbocycles. The van der Waals surface area contributed by atoms with Crippen LogP contribution in [0.2, 0.25) is 5.02 Å². The van der Waals surface area contributed by atoms with Crippen molar-refractivity contribution in [1.82, 2.24) is 4.31 Å². The topological polar surface area (TPSA) is 37.4 Å². The Labute approximate surface area is 136 Å². The molecule has 0 aliphatic carbocycles. The van der Waals surface area contributed by atoms with Gasteiger partial charge in [-0.2, -0.15) is 4.31 Å². The minimum absolute atomic E-state index is 0.118. The Bertz CT molecular complexity index is 685. The standard InChI is InChI=1S/C16H21ClFNO2S/c1-4-9-16(3)12(2)15(13-5-7-14(17)8-6-13)22(20,21)19(16)11-10-18/h5-8H,4,9-11H2,1-3H3. The van der Waals surface area contributed by atoms with Gasteiger partial charge in [0.15, 0.2) is 0 Å². The van der Waals surface area contributed by atoms with Gasteiger partial charge < -0.3 is 0 Å². The van der Waals surface area contributed by atoms with Crippen LogP contribution in [0.5, 0.6) is 0 Å². The summed E-state index contributed by atoms with van der Waals surface area (Å²) in [5.41, 5.74) is 0.699. The second kappa shape index (κ2) is 6.30. The lowest BCUT2D eigenvalue weighted by atomic mass is 9.87. The highest BCUT2D eigenvalue weighted by Crippen LogP contribution is 2.47. The van der Waals surface area contributed by atoms with E-state index in [4.69, 9.17) is 11.6 Å². The average molecular weight is 346 g/mol. The minimum Gasteiger partial charge on any atom is -0.250 e. The third-order valence-corrected chi connectivity index (χ3v) is 6.85. The predicted octanol–water partition coefficient (Wildman–Crippen LogP) is 4.24. The van der Waals surface area contributed by atoms with Crippen LogP contribution in [-0.4, -0.2) is 31.5 Å². The van der Waals surface area contributed by atoms with Crippen LogP contribution in [0.1, 0.15) is 39.2 Å². The van der Waals surface area contributed by atoms with Crippen LogP contribution in [0.25, 0.3) is 4.91 Å². The average Bonchev–Trinajstić information content (AvgIpc) is 2.59. The Morgan fingerprint density at radius 3 is 2.36 bits per heavy atom. The third kappa shape index (κ3) is 2.70. The fourth-order valence-corrected chi connectivity index (χ4v) is 5.67. The van der Waals surface area contributed by atoms with Gasteiger partial charge >= 0.3 is 0 Å². The van der Waals surface area contributed by atoms with Gasteiger partial charge in [-0.25, -0.2) is 12.8 Å². The normalized spacial score (nSPS) is 25.0. The molecule has 2 rings (SSSR count). The molecule has 1 aromatic rings. The first-order valence-corrected chi connectivity index (χ1v) is 9.17. The molecule has 0 radical (unpaired) electrons. The second-order valence-electron chi connectivity index (χ2n) is 5.75. The first-order valence-electron chi connectivity index (χ1n) is 7.35. The van der Waals surface area contributed by atoms with Gasteiger partial charge in [0, 0.05) is 11.6 Å². The molecule has 0 amide bonds. The maximum absolute atomic E-state index is 12.9. The summed E-state index contributed by atoms with van der Waals surface area (Å²) in [5, 5.41) is 0.550. The summed E-state index contributed by atoms with van der Waals surface area (Å²) < 4.78 is 40.1. The van der Waals surface area contributed by atoms with Gasteiger partial charge in [-0.05, 0) is 43.5 Å². The monoisotopic (exact) mass is 345 g/mol. The molecule has 0 aromatic heterocycles. The number of benzene rings is 1. The second-order valence-corrected chi connectivity index (χ2v) is 7.99. The zero-order valence-corrected chi connectivity index (χ0v) is 14.6. The van der Waals surface area contributed by atoms with Crippen molar-refractivity contribution in [3.05, 3.63) is 40.4 Å². The lowest BCUT2D eigenvalue weighted by Crippen LogP contribution is -2.46. The van der Waals surface area contributed by atoms with Crippen molar-refractivity contribution in [3.63, 3.8) is 0 Å². The van der Waals surface area contributed by atoms with Crippen LogP contribution in [0.3, 0.4) is 0 Å². The summed E-state index contributed by atoms with van der Waals surface area (Å²) in [4.78, 5) is 0.286. The number of nitrogens with zero attached hydrogens (tertiary/aromatic N) is 1. The van der Waals surface area contributed by atoms with Crippen LogP contribution in [0, 0.1) is 0 Å². The number of rotatable bonds is 5. The highest BCUT2D eigenvalue weighted by Gasteiger charge is 2.50. The summed E-state index contributed by atoms with van der Waals surface area (Å²) in [6, 6.07) is 6.73. The smallest absolute Gasteiger partial charge is 0.244 e. The molecule has 0 saturated heterocycles. The molecule has 1 unspecified atom stereocenters. The Hall–Kier alpha value is -0.910. The molecule has 0 N–H and O–H groups in total. The predicted molar refractivity (Wildman–Crippen MR) is 89.0 cm³/mol. The van der Waals surface area contributed by atoms with Gasteiger partial charge in [-0.3, -0.25) is 0 Å². The number of halogens is 2. The van der Waals surface area contributed by atoms with E-state index in [1.54, 1.807) is 24.3 Å². The summed E-state index contributed by atoms with van der Waals surface area (Å²) in [6.07, 6.45) is 1.48. The fourth-order valence-electron chi connectivity index (χ4n) is 3.21. The van der Waals surface area contributed by atoms with Gasteiger partial charge in [0.1, 0.15) is 6.67 Å². The van der Waals surface area contributed by atoms with Crippen molar-refractivity contribution < 1.29 is 12.8 Å². The summed E-state index contributed by atoms with van der Waals surface area (Å²) in [5.74, 6) is 0. The van der Waals surface area contributed by atoms with E-state index in [9.17, 15) is 12.8 Å². The number of alkyl halides is 1. The van der Waals surface area contributed by atoms with Crippen molar-refractivity contribution in [2.75, 3.05) is 13.2 Å². The van der Waals surface area contributed by atoms with Crippen molar-refractivity contribution in [1.29, 1.82) is 0 Å². The van der Waals surface area contributed by atoms with E-state index in [0.29, 0.717) is 17.0 Å². The molecule has 0 spiro atoms. The summed E-state index contributed by atoms with van der Waals surface area (Å²) in [7, 11) is -3.71. The third-order valence-electron chi connectivity index (χ3n) is 4.38. The first-order chi connectivity index (χ1) is 10.3. The molecule has 1 heterocycles. The van der Waals surface area contributed by atoms with Gasteiger partial charge in [0.25, 0.3) is 0 Å². The molecule has 1 atom stereocenters. The molecule has 122 valence electrons. The Morgan fingerprint density at radius 2 is 1.86 bits per heavy atom. The van der Waals surface area contributed by atoms with E-state index in [1.807, 2.05) is 20.8 Å². The molecule has 1 aliphatic rings. The van der Waals surface area contributed by atoms with Crippen LogP contribution >= 0.6 is 11.6 Å². The molecule has 0 fully saturated rings. The van der Waals surface area contributed by atoms with E-state index in [2.05, 4.69) is 0 Å². The minimum atomic E-state index is -3.71. The van der Waals surface area contributed by atoms with Crippen molar-refractivity contribution in [2.24, 2.45) is 0 Å². The highest BCUT2D eigenvalue weighted by molar-refractivity contribution is 7.98. The van der Waals surface area contributed by atoms with Crippen LogP contribution < -0.4 is 0 Å². The Balaban J connectivity index is 2.64. The van der Waals surface area contributed by atoms with E-state index < -0.39 is 22.2 Å². The van der Waals surface area contributed by atoms with E-state index in [0.717, 1.165) is 12.0 Å². The van der Waals surface area contributed by atoms with Crippen molar-refractivity contribution >= 4 is 26.5 Å². The van der Waals surface area contributed by atoms with Gasteiger partial charge in [0.05, 0.1) is 10.4 Å². The molecule has 22 heavy (non-hydrogen) atoms. The first kappa shape index (κ1) is 17.4. The largest absolute Gasteiger partial charge is 0.250 e. The van der Waals surface area contributed by atoms with E-state index in [1.165, 1.54) is 4.31 Å². The lowest BCUT2D eigenvalue weighted by molar-refractivity contribution is 0.225. The van der Waals surface area contributed by atoms with Gasteiger partial charge in [-0.1, -0.05) is 37.1 Å². The van der Waals surface area contributed by atoms with Crippen molar-refractivity contribution in [3.8, 4) is 0 Å². The zero-order valence-electron chi connectivity index (χ0n) is 13.1. The zero-order chi connectivity index (χ0) is 16.5. The molecule has 1 aliphatic heterocycles. The van der Waals surface area contributed by atoms with E-state index >= 15 is 0 Å². The fraction of sp³-hybridized carbons (Fsp3) is 0.500. The SMILES string of the molecule is CCCC1(C)C(C)=C(c2ccc(Cl)cc2)S(=O)(=O)N1CCF. The van der Waals surface area contributed by atoms with Gasteiger partial charge in [-0.15, -0.1) is 0 Å². The van der Waals surface area contributed by atoms with Crippen LogP contribution in [-0.2, 0) is 10.0 Å².